The standard InChI is InChI=1S/C23H26N4O3/c1-15-12-21(26(2)25-15)20-4-3-11-27(20)14-16-5-7-17(8-6-16)30-18-9-10-19(23(24)29)22(28)13-18/h5-10,12-13,20,28H,3-4,11,14H2,1-2H3,(H2,24,29)/t20-/m0/s1. The van der Waals surface area contributed by atoms with E-state index >= 15 is 0 Å². The Morgan fingerprint density at radius 1 is 1.20 bits per heavy atom. The first-order valence-corrected chi connectivity index (χ1v) is 10.0. The molecule has 1 aliphatic rings. The molecule has 7 heteroatoms. The molecule has 1 amide bonds. The maximum Gasteiger partial charge on any atom is 0.252 e. The van der Waals surface area contributed by atoms with Crippen LogP contribution in [0.1, 0.15) is 46.2 Å². The van der Waals surface area contributed by atoms with Crippen LogP contribution in [-0.4, -0.2) is 32.2 Å². The fourth-order valence-electron chi connectivity index (χ4n) is 4.11. The molecular formula is C23H26N4O3. The molecule has 0 saturated carbocycles. The maximum absolute atomic E-state index is 11.2. The smallest absolute Gasteiger partial charge is 0.252 e. The molecule has 1 fully saturated rings. The minimum absolute atomic E-state index is 0.0708. The summed E-state index contributed by atoms with van der Waals surface area (Å²) in [5.41, 5.74) is 8.81. The zero-order valence-corrected chi connectivity index (χ0v) is 17.2. The van der Waals surface area contributed by atoms with Crippen LogP contribution in [0.4, 0.5) is 0 Å². The van der Waals surface area contributed by atoms with E-state index in [0.717, 1.165) is 25.2 Å². The predicted octanol–water partition coefficient (Wildman–Crippen LogP) is 3.66. The van der Waals surface area contributed by atoms with Gasteiger partial charge in [0, 0.05) is 19.7 Å². The van der Waals surface area contributed by atoms with Gasteiger partial charge >= 0.3 is 0 Å². The Balaban J connectivity index is 1.43. The SMILES string of the molecule is Cc1cc([C@@H]2CCCN2Cc2ccc(Oc3ccc(C(N)=O)c(O)c3)cc2)n(C)n1. The van der Waals surface area contributed by atoms with Gasteiger partial charge in [0.25, 0.3) is 5.91 Å². The number of ether oxygens (including phenoxy) is 1. The van der Waals surface area contributed by atoms with E-state index in [1.807, 2.05) is 30.8 Å². The number of rotatable bonds is 6. The van der Waals surface area contributed by atoms with Crippen LogP contribution < -0.4 is 10.5 Å². The van der Waals surface area contributed by atoms with E-state index in [9.17, 15) is 9.90 Å². The van der Waals surface area contributed by atoms with Crippen molar-refractivity contribution in [3.05, 3.63) is 71.0 Å². The first-order chi connectivity index (χ1) is 14.4. The molecule has 1 atom stereocenters. The molecule has 156 valence electrons. The summed E-state index contributed by atoms with van der Waals surface area (Å²) < 4.78 is 7.78. The zero-order chi connectivity index (χ0) is 21.3. The van der Waals surface area contributed by atoms with Gasteiger partial charge in [0.2, 0.25) is 0 Å². The largest absolute Gasteiger partial charge is 0.507 e. The number of carbonyl (C=O) groups excluding carboxylic acids is 1. The first kappa shape index (κ1) is 20.0. The molecule has 1 saturated heterocycles. The van der Waals surface area contributed by atoms with E-state index in [1.165, 1.54) is 29.8 Å². The Morgan fingerprint density at radius 2 is 1.93 bits per heavy atom. The molecule has 7 nitrogen and oxygen atoms in total. The summed E-state index contributed by atoms with van der Waals surface area (Å²) in [6.45, 7) is 3.96. The highest BCUT2D eigenvalue weighted by molar-refractivity contribution is 5.95. The van der Waals surface area contributed by atoms with Gasteiger partial charge in [-0.2, -0.15) is 5.10 Å². The molecule has 1 aliphatic heterocycles. The lowest BCUT2D eigenvalue weighted by Gasteiger charge is -2.24. The van der Waals surface area contributed by atoms with Crippen LogP contribution in [0.2, 0.25) is 0 Å². The molecule has 0 spiro atoms. The van der Waals surface area contributed by atoms with Crippen molar-refractivity contribution in [3.63, 3.8) is 0 Å². The highest BCUT2D eigenvalue weighted by Crippen LogP contribution is 2.34. The molecular weight excluding hydrogens is 380 g/mol. The van der Waals surface area contributed by atoms with Gasteiger partial charge in [0.1, 0.15) is 17.2 Å². The van der Waals surface area contributed by atoms with E-state index in [4.69, 9.17) is 10.5 Å². The number of hydrogen-bond donors (Lipinski definition) is 2. The second kappa shape index (κ2) is 8.20. The number of likely N-dealkylation sites (tertiary alicyclic amines) is 1. The molecule has 1 aromatic heterocycles. The number of nitrogens with two attached hydrogens (primary N) is 1. The lowest BCUT2D eigenvalue weighted by molar-refractivity contribution is 0.0997. The lowest BCUT2D eigenvalue weighted by atomic mass is 10.1. The van der Waals surface area contributed by atoms with Crippen LogP contribution in [0.5, 0.6) is 17.2 Å². The van der Waals surface area contributed by atoms with E-state index in [1.54, 1.807) is 6.07 Å². The van der Waals surface area contributed by atoms with Crippen molar-refractivity contribution in [3.8, 4) is 17.2 Å². The Bertz CT molecular complexity index is 1060. The van der Waals surface area contributed by atoms with Crippen molar-refractivity contribution in [1.29, 1.82) is 0 Å². The third-order valence-corrected chi connectivity index (χ3v) is 5.52. The molecule has 3 aromatic rings. The fourth-order valence-corrected chi connectivity index (χ4v) is 4.11. The number of aryl methyl sites for hydroxylation is 2. The summed E-state index contributed by atoms with van der Waals surface area (Å²) in [6.07, 6.45) is 2.33. The minimum Gasteiger partial charge on any atom is -0.507 e. The monoisotopic (exact) mass is 406 g/mol. The molecule has 2 heterocycles. The van der Waals surface area contributed by atoms with Gasteiger partial charge < -0.3 is 15.6 Å². The second-order valence-electron chi connectivity index (χ2n) is 7.75. The number of primary amides is 1. The van der Waals surface area contributed by atoms with E-state index in [-0.39, 0.29) is 11.3 Å². The number of nitrogens with zero attached hydrogens (tertiary/aromatic N) is 3. The highest BCUT2D eigenvalue weighted by Gasteiger charge is 2.28. The van der Waals surface area contributed by atoms with Gasteiger partial charge in [-0.15, -0.1) is 0 Å². The molecule has 2 aromatic carbocycles. The van der Waals surface area contributed by atoms with Crippen LogP contribution in [0.15, 0.2) is 48.5 Å². The van der Waals surface area contributed by atoms with Crippen LogP contribution in [0, 0.1) is 6.92 Å². The normalized spacial score (nSPS) is 16.7. The lowest BCUT2D eigenvalue weighted by Crippen LogP contribution is -2.24. The number of benzene rings is 2. The van der Waals surface area contributed by atoms with Crippen molar-refractivity contribution in [1.82, 2.24) is 14.7 Å². The van der Waals surface area contributed by atoms with Gasteiger partial charge in [0.15, 0.2) is 0 Å². The summed E-state index contributed by atoms with van der Waals surface area (Å²) in [4.78, 5) is 13.7. The molecule has 0 radical (unpaired) electrons. The molecule has 0 unspecified atom stereocenters. The number of aromatic hydroxyl groups is 1. The van der Waals surface area contributed by atoms with Gasteiger partial charge in [-0.3, -0.25) is 14.4 Å². The summed E-state index contributed by atoms with van der Waals surface area (Å²) in [5.74, 6) is 0.230. The van der Waals surface area contributed by atoms with Crippen LogP contribution in [0.25, 0.3) is 0 Å². The summed E-state index contributed by atoms with van der Waals surface area (Å²) in [5, 5.41) is 14.4. The number of amides is 1. The number of carbonyl (C=O) groups is 1. The van der Waals surface area contributed by atoms with Crippen molar-refractivity contribution in [2.45, 2.75) is 32.4 Å². The number of hydrogen-bond acceptors (Lipinski definition) is 5. The average molecular weight is 406 g/mol. The molecule has 0 bridgehead atoms. The van der Waals surface area contributed by atoms with Crippen molar-refractivity contribution >= 4 is 5.91 Å². The summed E-state index contributed by atoms with van der Waals surface area (Å²) in [6, 6.07) is 14.9. The highest BCUT2D eigenvalue weighted by atomic mass is 16.5. The van der Waals surface area contributed by atoms with Crippen molar-refractivity contribution in [2.24, 2.45) is 12.8 Å². The summed E-state index contributed by atoms with van der Waals surface area (Å²) in [7, 11) is 2.01. The van der Waals surface area contributed by atoms with Crippen molar-refractivity contribution in [2.75, 3.05) is 6.54 Å². The Labute approximate surface area is 175 Å². The van der Waals surface area contributed by atoms with Crippen LogP contribution >= 0.6 is 0 Å². The predicted molar refractivity (Wildman–Crippen MR) is 113 cm³/mol. The number of phenols is 1. The third-order valence-electron chi connectivity index (χ3n) is 5.52. The Hall–Kier alpha value is -3.32. The minimum atomic E-state index is -0.676. The van der Waals surface area contributed by atoms with E-state index < -0.39 is 5.91 Å². The molecule has 4 rings (SSSR count). The zero-order valence-electron chi connectivity index (χ0n) is 17.2. The van der Waals surface area contributed by atoms with Crippen LogP contribution in [0.3, 0.4) is 0 Å². The Morgan fingerprint density at radius 3 is 2.57 bits per heavy atom. The quantitative estimate of drug-likeness (QED) is 0.652. The number of aromatic nitrogens is 2. The van der Waals surface area contributed by atoms with Gasteiger partial charge in [0.05, 0.1) is 23.0 Å². The van der Waals surface area contributed by atoms with E-state index in [0.29, 0.717) is 17.5 Å². The summed E-state index contributed by atoms with van der Waals surface area (Å²) >= 11 is 0. The van der Waals surface area contributed by atoms with Crippen LogP contribution in [-0.2, 0) is 13.6 Å². The van der Waals surface area contributed by atoms with Gasteiger partial charge in [-0.1, -0.05) is 12.1 Å². The fraction of sp³-hybridized carbons (Fsp3) is 0.304. The van der Waals surface area contributed by atoms with E-state index in [2.05, 4.69) is 28.2 Å². The topological polar surface area (TPSA) is 93.6 Å². The molecule has 3 N–H and O–H groups in total. The molecule has 0 aliphatic carbocycles. The van der Waals surface area contributed by atoms with Crippen molar-refractivity contribution < 1.29 is 14.6 Å². The maximum atomic E-state index is 11.2. The third kappa shape index (κ3) is 4.16. The van der Waals surface area contributed by atoms with Gasteiger partial charge in [-0.25, -0.2) is 0 Å². The Kier molecular flexibility index (Phi) is 5.46. The first-order valence-electron chi connectivity index (χ1n) is 10.0. The van der Waals surface area contributed by atoms with Gasteiger partial charge in [-0.05, 0) is 62.2 Å². The second-order valence-corrected chi connectivity index (χ2v) is 7.75. The average Bonchev–Trinajstić information content (AvgIpc) is 3.28. The molecule has 30 heavy (non-hydrogen) atoms.